The molecule has 6 heterocycles. The lowest BCUT2D eigenvalue weighted by molar-refractivity contribution is -0.165. The smallest absolute Gasteiger partial charge is 0.261 e. The van der Waals surface area contributed by atoms with Crippen LogP contribution in [0.1, 0.15) is 71.3 Å². The lowest BCUT2D eigenvalue weighted by Gasteiger charge is -2.45. The van der Waals surface area contributed by atoms with E-state index in [4.69, 9.17) is 11.6 Å². The molecule has 6 amide bonds. The number of carbonyl (C=O) groups excluding carboxylic acids is 6. The summed E-state index contributed by atoms with van der Waals surface area (Å²) in [5, 5.41) is 32.6. The third-order valence-electron chi connectivity index (χ3n) is 11.8. The highest BCUT2D eigenvalue weighted by atomic mass is 35.5. The molecule has 54 heavy (non-hydrogen) atoms. The first-order chi connectivity index (χ1) is 25.6. The van der Waals surface area contributed by atoms with Gasteiger partial charge in [-0.05, 0) is 63.5 Å². The Morgan fingerprint density at radius 1 is 0.759 bits per heavy atom. The Hall–Kier alpha value is -4.23. The molecule has 8 unspecified atom stereocenters. The molecule has 19 heteroatoms. The summed E-state index contributed by atoms with van der Waals surface area (Å²) >= 11 is 6.21. The first-order valence-electron chi connectivity index (χ1n) is 18.8. The predicted molar refractivity (Wildman–Crippen MR) is 192 cm³/mol. The summed E-state index contributed by atoms with van der Waals surface area (Å²) in [7, 11) is 1.48. The fourth-order valence-corrected chi connectivity index (χ4v) is 8.85. The van der Waals surface area contributed by atoms with Crippen LogP contribution in [-0.4, -0.2) is 140 Å². The molecule has 5 fully saturated rings. The number of hydrazine groups is 3. The zero-order valence-electron chi connectivity index (χ0n) is 30.8. The van der Waals surface area contributed by atoms with Crippen molar-refractivity contribution >= 4 is 52.7 Å². The number of aromatic hydroxyl groups is 1. The van der Waals surface area contributed by atoms with Gasteiger partial charge in [0.05, 0.1) is 5.02 Å². The Balaban J connectivity index is 1.33. The van der Waals surface area contributed by atoms with Crippen molar-refractivity contribution < 1.29 is 39.0 Å². The number of carbonyl (C=O) groups is 6. The summed E-state index contributed by atoms with van der Waals surface area (Å²) in [6.07, 6.45) is 0.941. The molecule has 0 aliphatic carbocycles. The molecule has 0 radical (unpaired) electrons. The summed E-state index contributed by atoms with van der Waals surface area (Å²) in [6, 6.07) is -4.00. The van der Waals surface area contributed by atoms with Gasteiger partial charge in [-0.25, -0.2) is 16.3 Å². The number of likely N-dealkylation sites (N-methyl/N-ethyl adjacent to an activating group) is 1. The number of fused-ring (bicyclic) bond motifs is 8. The first kappa shape index (κ1) is 38.1. The highest BCUT2D eigenvalue weighted by Crippen LogP contribution is 2.52. The molecule has 7 rings (SSSR count). The SMILES string of the molecule is CC(C)C1NC(=O)C2CC3(O)c4cc(O)c(Cl)cc4NC3N2C(=O)C2CCCNN2C(=O)C(C)N(C)C(=O)C2CCCNN2C(=O)C2CCCNN2C1=O. The molecule has 0 saturated carbocycles. The van der Waals surface area contributed by atoms with Crippen LogP contribution in [0, 0.1) is 5.92 Å². The maximum Gasteiger partial charge on any atom is 0.261 e. The van der Waals surface area contributed by atoms with Crippen molar-refractivity contribution in [2.75, 3.05) is 32.0 Å². The van der Waals surface area contributed by atoms with Crippen LogP contribution in [0.3, 0.4) is 0 Å². The molecule has 6 aliphatic rings. The van der Waals surface area contributed by atoms with Crippen molar-refractivity contribution in [3.8, 4) is 5.75 Å². The normalized spacial score (nSPS) is 34.0. The standard InChI is InChI=1S/C35H49ClN10O8/c1-17(2)27-33(53)46-24(10-7-13-39-46)32(52)45-22(8-5-12-38-45)30(50)42(4)18(3)29(49)44-23(9-6-11-37-44)31(51)43-25(28(48)41-27)16-35(54)19-14-26(47)20(36)15-21(19)40-34(35)43/h14-15,17-18,22-25,27,34,37-40,47,54H,5-13,16H2,1-4H3,(H,41,48). The number of nitrogens with one attached hydrogen (secondary N) is 5. The number of benzene rings is 1. The lowest BCUT2D eigenvalue weighted by atomic mass is 9.90. The van der Waals surface area contributed by atoms with E-state index in [-0.39, 0.29) is 29.2 Å². The van der Waals surface area contributed by atoms with Crippen LogP contribution >= 0.6 is 11.6 Å². The van der Waals surface area contributed by atoms with Crippen molar-refractivity contribution in [1.29, 1.82) is 0 Å². The third kappa shape index (κ3) is 6.20. The van der Waals surface area contributed by atoms with E-state index in [1.54, 1.807) is 20.8 Å². The van der Waals surface area contributed by atoms with E-state index in [0.29, 0.717) is 57.4 Å². The summed E-state index contributed by atoms with van der Waals surface area (Å²) in [5.74, 6) is -4.28. The fourth-order valence-electron chi connectivity index (χ4n) is 8.68. The Kier molecular flexibility index (Phi) is 10.2. The number of halogens is 1. The molecule has 18 nitrogen and oxygen atoms in total. The molecule has 294 valence electrons. The Morgan fingerprint density at radius 2 is 1.30 bits per heavy atom. The molecule has 5 saturated heterocycles. The van der Waals surface area contributed by atoms with E-state index in [1.807, 2.05) is 0 Å². The van der Waals surface area contributed by atoms with Crippen LogP contribution in [-0.2, 0) is 34.4 Å². The maximum absolute atomic E-state index is 14.9. The summed E-state index contributed by atoms with van der Waals surface area (Å²) in [6.45, 7) is 6.21. The lowest BCUT2D eigenvalue weighted by Crippen LogP contribution is -2.69. The Labute approximate surface area is 317 Å². The molecule has 0 aromatic heterocycles. The molecule has 0 bridgehead atoms. The van der Waals surface area contributed by atoms with E-state index < -0.39 is 89.4 Å². The van der Waals surface area contributed by atoms with Gasteiger partial charge in [0.15, 0.2) is 0 Å². The highest BCUT2D eigenvalue weighted by Gasteiger charge is 2.62. The number of phenolic OH excluding ortho intramolecular Hbond substituents is 1. The maximum atomic E-state index is 14.9. The van der Waals surface area contributed by atoms with Gasteiger partial charge in [-0.2, -0.15) is 0 Å². The summed E-state index contributed by atoms with van der Waals surface area (Å²) in [5.41, 5.74) is 7.84. The first-order valence-corrected chi connectivity index (χ1v) is 19.1. The zero-order valence-corrected chi connectivity index (χ0v) is 31.6. The van der Waals surface area contributed by atoms with Crippen molar-refractivity contribution in [2.45, 2.75) is 114 Å². The van der Waals surface area contributed by atoms with Crippen LogP contribution in [0.2, 0.25) is 5.02 Å². The van der Waals surface area contributed by atoms with Gasteiger partial charge >= 0.3 is 0 Å². The number of amides is 6. The van der Waals surface area contributed by atoms with Crippen molar-refractivity contribution in [1.82, 2.24) is 46.4 Å². The average molecular weight is 773 g/mol. The fraction of sp³-hybridized carbons (Fsp3) is 0.657. The average Bonchev–Trinajstić information content (AvgIpc) is 3.62. The van der Waals surface area contributed by atoms with Crippen molar-refractivity contribution in [2.24, 2.45) is 5.92 Å². The number of rotatable bonds is 1. The van der Waals surface area contributed by atoms with Crippen molar-refractivity contribution in [3.05, 3.63) is 22.7 Å². The van der Waals surface area contributed by atoms with Gasteiger partial charge in [0.2, 0.25) is 17.7 Å². The van der Waals surface area contributed by atoms with Gasteiger partial charge < -0.3 is 30.6 Å². The number of hydrogen-bond donors (Lipinski definition) is 7. The van der Waals surface area contributed by atoms with Crippen molar-refractivity contribution in [3.63, 3.8) is 0 Å². The number of nitrogens with zero attached hydrogens (tertiary/aromatic N) is 5. The van der Waals surface area contributed by atoms with Gasteiger partial charge in [0.25, 0.3) is 17.7 Å². The van der Waals surface area contributed by atoms with Crippen LogP contribution in [0.25, 0.3) is 0 Å². The second kappa shape index (κ2) is 14.4. The van der Waals surface area contributed by atoms with E-state index >= 15 is 0 Å². The molecule has 7 N–H and O–H groups in total. The number of phenols is 1. The van der Waals surface area contributed by atoms with Crippen LogP contribution < -0.4 is 26.9 Å². The molecule has 6 aliphatic heterocycles. The minimum Gasteiger partial charge on any atom is -0.506 e. The second-order valence-corrected chi connectivity index (χ2v) is 15.9. The number of hydrogen-bond acceptors (Lipinski definition) is 12. The second-order valence-electron chi connectivity index (χ2n) is 15.5. The minimum atomic E-state index is -1.88. The highest BCUT2D eigenvalue weighted by molar-refractivity contribution is 6.32. The molecular formula is C35H49ClN10O8. The van der Waals surface area contributed by atoms with Crippen LogP contribution in [0.15, 0.2) is 12.1 Å². The monoisotopic (exact) mass is 772 g/mol. The van der Waals surface area contributed by atoms with Gasteiger partial charge in [-0.15, -0.1) is 0 Å². The van der Waals surface area contributed by atoms with Gasteiger partial charge in [0.1, 0.15) is 53.8 Å². The van der Waals surface area contributed by atoms with E-state index in [0.717, 1.165) is 0 Å². The minimum absolute atomic E-state index is 0.0135. The van der Waals surface area contributed by atoms with Gasteiger partial charge in [-0.3, -0.25) is 43.8 Å². The Bertz CT molecular complexity index is 1750. The number of aliphatic hydroxyl groups is 1. The molecular weight excluding hydrogens is 724 g/mol. The van der Waals surface area contributed by atoms with Crippen LogP contribution in [0.4, 0.5) is 5.69 Å². The largest absolute Gasteiger partial charge is 0.506 e. The van der Waals surface area contributed by atoms with E-state index in [1.165, 1.54) is 44.0 Å². The molecule has 8 atom stereocenters. The van der Waals surface area contributed by atoms with E-state index in [2.05, 4.69) is 26.9 Å². The van der Waals surface area contributed by atoms with Gasteiger partial charge in [0, 0.05) is 44.4 Å². The Morgan fingerprint density at radius 3 is 1.89 bits per heavy atom. The predicted octanol–water partition coefficient (Wildman–Crippen LogP) is -0.926. The van der Waals surface area contributed by atoms with E-state index in [9.17, 15) is 39.0 Å². The summed E-state index contributed by atoms with van der Waals surface area (Å²) in [4.78, 5) is 89.2. The topological polar surface area (TPSA) is 219 Å². The van der Waals surface area contributed by atoms with Crippen LogP contribution in [0.5, 0.6) is 5.75 Å². The molecule has 1 aromatic rings. The summed E-state index contributed by atoms with van der Waals surface area (Å²) < 4.78 is 0. The quantitative estimate of drug-likeness (QED) is 0.172. The zero-order chi connectivity index (χ0) is 38.8. The molecule has 0 spiro atoms. The third-order valence-corrected chi connectivity index (χ3v) is 12.1. The number of anilines is 1. The van der Waals surface area contributed by atoms with Gasteiger partial charge in [-0.1, -0.05) is 25.4 Å². The molecule has 1 aromatic carbocycles.